The highest BCUT2D eigenvalue weighted by atomic mass is 16.3. The molecule has 0 bridgehead atoms. The standard InChI is InChI=1S/C15H33N3O/c1-6-18-9-7-8-13(18)11-17(5)12-14(19)10-16-15(2,3)4/h13-14,16,19H,6-12H2,1-5H3. The van der Waals surface area contributed by atoms with Gasteiger partial charge in [0.1, 0.15) is 0 Å². The summed E-state index contributed by atoms with van der Waals surface area (Å²) in [5.41, 5.74) is 0.0734. The Morgan fingerprint density at radius 3 is 2.68 bits per heavy atom. The summed E-state index contributed by atoms with van der Waals surface area (Å²) < 4.78 is 0. The van der Waals surface area contributed by atoms with E-state index in [1.54, 1.807) is 0 Å². The molecule has 4 nitrogen and oxygen atoms in total. The van der Waals surface area contributed by atoms with E-state index in [0.29, 0.717) is 12.6 Å². The van der Waals surface area contributed by atoms with Crippen LogP contribution in [0.1, 0.15) is 40.5 Å². The molecule has 19 heavy (non-hydrogen) atoms. The van der Waals surface area contributed by atoms with Gasteiger partial charge < -0.3 is 15.3 Å². The van der Waals surface area contributed by atoms with E-state index in [2.05, 4.69) is 49.9 Å². The van der Waals surface area contributed by atoms with Crippen LogP contribution in [0.3, 0.4) is 0 Å². The van der Waals surface area contributed by atoms with Crippen LogP contribution in [-0.4, -0.2) is 72.4 Å². The van der Waals surface area contributed by atoms with Gasteiger partial charge in [0.15, 0.2) is 0 Å². The summed E-state index contributed by atoms with van der Waals surface area (Å²) in [6.45, 7) is 13.5. The Labute approximate surface area is 119 Å². The average Bonchev–Trinajstić information content (AvgIpc) is 2.72. The number of aliphatic hydroxyl groups excluding tert-OH is 1. The van der Waals surface area contributed by atoms with Gasteiger partial charge in [-0.3, -0.25) is 4.90 Å². The van der Waals surface area contributed by atoms with Crippen molar-refractivity contribution >= 4 is 0 Å². The lowest BCUT2D eigenvalue weighted by molar-refractivity contribution is 0.103. The van der Waals surface area contributed by atoms with Crippen LogP contribution in [0.5, 0.6) is 0 Å². The third-order valence-electron chi connectivity index (χ3n) is 3.82. The van der Waals surface area contributed by atoms with Crippen molar-refractivity contribution in [2.75, 3.05) is 39.8 Å². The minimum absolute atomic E-state index is 0.0734. The average molecular weight is 271 g/mol. The van der Waals surface area contributed by atoms with Gasteiger partial charge >= 0.3 is 0 Å². The van der Waals surface area contributed by atoms with Crippen LogP contribution in [0.4, 0.5) is 0 Å². The van der Waals surface area contributed by atoms with Gasteiger partial charge in [-0.1, -0.05) is 6.92 Å². The van der Waals surface area contributed by atoms with Gasteiger partial charge in [-0.25, -0.2) is 0 Å². The summed E-state index contributed by atoms with van der Waals surface area (Å²) in [5, 5.41) is 13.4. The SMILES string of the molecule is CCN1CCCC1CN(C)CC(O)CNC(C)(C)C. The molecule has 2 atom stereocenters. The molecule has 114 valence electrons. The zero-order valence-electron chi connectivity index (χ0n) is 13.4. The highest BCUT2D eigenvalue weighted by molar-refractivity contribution is 4.81. The molecule has 0 saturated carbocycles. The highest BCUT2D eigenvalue weighted by Gasteiger charge is 2.24. The Bertz CT molecular complexity index is 252. The lowest BCUT2D eigenvalue weighted by atomic mass is 10.1. The molecule has 0 aromatic carbocycles. The van der Waals surface area contributed by atoms with Crippen LogP contribution in [-0.2, 0) is 0 Å². The number of β-amino-alcohol motifs (C(OH)–C–C–N with tert-alkyl or cyclic N) is 1. The Morgan fingerprint density at radius 1 is 1.42 bits per heavy atom. The smallest absolute Gasteiger partial charge is 0.0791 e. The van der Waals surface area contributed by atoms with Crippen molar-refractivity contribution in [2.24, 2.45) is 0 Å². The largest absolute Gasteiger partial charge is 0.390 e. The van der Waals surface area contributed by atoms with Crippen LogP contribution in [0, 0.1) is 0 Å². The van der Waals surface area contributed by atoms with Crippen molar-refractivity contribution in [1.82, 2.24) is 15.1 Å². The predicted octanol–water partition coefficient (Wildman–Crippen LogP) is 1.15. The van der Waals surface area contributed by atoms with Gasteiger partial charge in [-0.05, 0) is 53.8 Å². The third kappa shape index (κ3) is 6.70. The lowest BCUT2D eigenvalue weighted by Crippen LogP contribution is -2.46. The van der Waals surface area contributed by atoms with E-state index in [9.17, 15) is 5.11 Å². The van der Waals surface area contributed by atoms with Crippen molar-refractivity contribution < 1.29 is 5.11 Å². The van der Waals surface area contributed by atoms with Crippen LogP contribution in [0.15, 0.2) is 0 Å². The fraction of sp³-hybridized carbons (Fsp3) is 1.00. The predicted molar refractivity (Wildman–Crippen MR) is 81.5 cm³/mol. The van der Waals surface area contributed by atoms with Gasteiger partial charge in [0, 0.05) is 31.2 Å². The first-order valence-corrected chi connectivity index (χ1v) is 7.67. The lowest BCUT2D eigenvalue weighted by Gasteiger charge is -2.30. The Hall–Kier alpha value is -0.160. The first-order valence-electron chi connectivity index (χ1n) is 7.67. The molecule has 4 heteroatoms. The molecule has 1 aliphatic heterocycles. The van der Waals surface area contributed by atoms with E-state index >= 15 is 0 Å². The number of likely N-dealkylation sites (tertiary alicyclic amines) is 1. The van der Waals surface area contributed by atoms with E-state index in [0.717, 1.165) is 19.6 Å². The molecule has 0 aromatic heterocycles. The second kappa shape index (κ2) is 7.58. The summed E-state index contributed by atoms with van der Waals surface area (Å²) in [6, 6.07) is 0.678. The molecule has 1 heterocycles. The number of rotatable bonds is 7. The Kier molecular flexibility index (Phi) is 6.74. The van der Waals surface area contributed by atoms with Crippen molar-refractivity contribution in [2.45, 2.75) is 58.2 Å². The van der Waals surface area contributed by atoms with Gasteiger partial charge in [-0.2, -0.15) is 0 Å². The summed E-state index contributed by atoms with van der Waals surface area (Å²) >= 11 is 0. The Balaban J connectivity index is 2.24. The second-order valence-corrected chi connectivity index (χ2v) is 6.93. The zero-order valence-corrected chi connectivity index (χ0v) is 13.4. The summed E-state index contributed by atoms with van der Waals surface area (Å²) in [6.07, 6.45) is 2.33. The zero-order chi connectivity index (χ0) is 14.5. The summed E-state index contributed by atoms with van der Waals surface area (Å²) in [4.78, 5) is 4.82. The van der Waals surface area contributed by atoms with Gasteiger partial charge in [0.2, 0.25) is 0 Å². The van der Waals surface area contributed by atoms with Crippen molar-refractivity contribution in [3.8, 4) is 0 Å². The van der Waals surface area contributed by atoms with Crippen LogP contribution in [0.25, 0.3) is 0 Å². The van der Waals surface area contributed by atoms with E-state index in [1.165, 1.54) is 19.4 Å². The molecular weight excluding hydrogens is 238 g/mol. The van der Waals surface area contributed by atoms with Gasteiger partial charge in [0.05, 0.1) is 6.10 Å². The minimum atomic E-state index is -0.291. The number of nitrogens with zero attached hydrogens (tertiary/aromatic N) is 2. The number of hydrogen-bond acceptors (Lipinski definition) is 4. The topological polar surface area (TPSA) is 38.7 Å². The molecule has 0 spiro atoms. The Morgan fingerprint density at radius 2 is 2.11 bits per heavy atom. The fourth-order valence-corrected chi connectivity index (χ4v) is 2.80. The maximum absolute atomic E-state index is 10.1. The fourth-order valence-electron chi connectivity index (χ4n) is 2.80. The summed E-state index contributed by atoms with van der Waals surface area (Å²) in [7, 11) is 2.12. The molecule has 1 aliphatic rings. The first-order chi connectivity index (χ1) is 8.81. The molecule has 1 fully saturated rings. The maximum atomic E-state index is 10.1. The number of nitrogens with one attached hydrogen (secondary N) is 1. The van der Waals surface area contributed by atoms with E-state index in [-0.39, 0.29) is 11.6 Å². The van der Waals surface area contributed by atoms with E-state index in [4.69, 9.17) is 0 Å². The number of hydrogen-bond donors (Lipinski definition) is 2. The van der Waals surface area contributed by atoms with E-state index in [1.807, 2.05) is 0 Å². The highest BCUT2D eigenvalue weighted by Crippen LogP contribution is 2.17. The molecule has 1 saturated heterocycles. The molecule has 0 radical (unpaired) electrons. The van der Waals surface area contributed by atoms with Crippen LogP contribution in [0.2, 0.25) is 0 Å². The molecule has 0 amide bonds. The first kappa shape index (κ1) is 16.9. The number of likely N-dealkylation sites (N-methyl/N-ethyl adjacent to an activating group) is 2. The molecule has 2 N–H and O–H groups in total. The van der Waals surface area contributed by atoms with Gasteiger partial charge in [-0.15, -0.1) is 0 Å². The number of aliphatic hydroxyl groups is 1. The quantitative estimate of drug-likeness (QED) is 0.729. The van der Waals surface area contributed by atoms with Crippen LogP contribution < -0.4 is 5.32 Å². The minimum Gasteiger partial charge on any atom is -0.390 e. The molecule has 0 aliphatic carbocycles. The second-order valence-electron chi connectivity index (χ2n) is 6.93. The van der Waals surface area contributed by atoms with Crippen molar-refractivity contribution in [1.29, 1.82) is 0 Å². The molecular formula is C15H33N3O. The molecule has 2 unspecified atom stereocenters. The van der Waals surface area contributed by atoms with Gasteiger partial charge in [0.25, 0.3) is 0 Å². The van der Waals surface area contributed by atoms with Crippen LogP contribution >= 0.6 is 0 Å². The normalized spacial score (nSPS) is 23.2. The molecule has 0 aromatic rings. The summed E-state index contributed by atoms with van der Waals surface area (Å²) in [5.74, 6) is 0. The third-order valence-corrected chi connectivity index (χ3v) is 3.82. The monoisotopic (exact) mass is 271 g/mol. The van der Waals surface area contributed by atoms with Crippen molar-refractivity contribution in [3.63, 3.8) is 0 Å². The van der Waals surface area contributed by atoms with E-state index < -0.39 is 0 Å². The molecule has 1 rings (SSSR count). The van der Waals surface area contributed by atoms with Crippen molar-refractivity contribution in [3.05, 3.63) is 0 Å². The maximum Gasteiger partial charge on any atom is 0.0791 e.